The summed E-state index contributed by atoms with van der Waals surface area (Å²) >= 11 is 5.95. The van der Waals surface area contributed by atoms with Gasteiger partial charge < -0.3 is 0 Å². The van der Waals surface area contributed by atoms with Crippen LogP contribution in [0.15, 0.2) is 30.3 Å². The summed E-state index contributed by atoms with van der Waals surface area (Å²) in [5.41, 5.74) is 5.45. The van der Waals surface area contributed by atoms with Crippen LogP contribution >= 0.6 is 11.6 Å². The van der Waals surface area contributed by atoms with E-state index < -0.39 is 5.91 Å². The first-order chi connectivity index (χ1) is 9.63. The van der Waals surface area contributed by atoms with Gasteiger partial charge in [-0.15, -0.1) is 0 Å². The minimum atomic E-state index is -0.395. The van der Waals surface area contributed by atoms with E-state index in [0.717, 1.165) is 24.8 Å². The Morgan fingerprint density at radius 2 is 1.95 bits per heavy atom. The number of carbonyl (C=O) groups is 2. The zero-order valence-corrected chi connectivity index (χ0v) is 12.2. The Morgan fingerprint density at radius 1 is 1.20 bits per heavy atom. The van der Waals surface area contributed by atoms with Crippen molar-refractivity contribution in [3.63, 3.8) is 0 Å². The smallest absolute Gasteiger partial charge is 0.262 e. The molecule has 0 bridgehead atoms. The Hall–Kier alpha value is -1.81. The molecule has 0 unspecified atom stereocenters. The zero-order valence-electron chi connectivity index (χ0n) is 11.5. The number of carbonyl (C=O) groups excluding carboxylic acids is 2. The topological polar surface area (TPSA) is 58.2 Å². The highest BCUT2D eigenvalue weighted by molar-refractivity contribution is 6.32. The number of unbranched alkanes of at least 4 members (excludes halogenated alkanes) is 2. The van der Waals surface area contributed by atoms with Crippen molar-refractivity contribution in [2.24, 2.45) is 0 Å². The molecule has 0 spiro atoms. The van der Waals surface area contributed by atoms with Crippen LogP contribution in [0.2, 0.25) is 5.02 Å². The molecule has 0 aliphatic carbocycles. The Labute approximate surface area is 124 Å². The first-order valence-electron chi connectivity index (χ1n) is 6.65. The lowest BCUT2D eigenvalue weighted by molar-refractivity contribution is -0.126. The molecule has 5 heteroatoms. The average molecular weight is 295 g/mol. The fourth-order valence-electron chi connectivity index (χ4n) is 1.55. The Balaban J connectivity index is 2.33. The van der Waals surface area contributed by atoms with Crippen LogP contribution in [0.3, 0.4) is 0 Å². The van der Waals surface area contributed by atoms with Crippen LogP contribution in [0.4, 0.5) is 0 Å². The first kappa shape index (κ1) is 16.2. The van der Waals surface area contributed by atoms with Crippen LogP contribution in [0, 0.1) is 0 Å². The van der Waals surface area contributed by atoms with E-state index in [4.69, 9.17) is 11.6 Å². The third-order valence-electron chi connectivity index (χ3n) is 2.65. The molecule has 2 N–H and O–H groups in total. The van der Waals surface area contributed by atoms with E-state index in [1.54, 1.807) is 18.2 Å². The number of nitrogens with one attached hydrogen (secondary N) is 2. The molecule has 108 valence electrons. The molecule has 0 aromatic heterocycles. The minimum Gasteiger partial charge on any atom is -0.273 e. The lowest BCUT2D eigenvalue weighted by Gasteiger charge is -2.04. The lowest BCUT2D eigenvalue weighted by Crippen LogP contribution is -2.40. The maximum absolute atomic E-state index is 11.5. The fraction of sp³-hybridized carbons (Fsp3) is 0.333. The Morgan fingerprint density at radius 3 is 2.65 bits per heavy atom. The fourth-order valence-corrected chi connectivity index (χ4v) is 1.75. The third kappa shape index (κ3) is 6.38. The largest absolute Gasteiger partial charge is 0.273 e. The summed E-state index contributed by atoms with van der Waals surface area (Å²) in [4.78, 5) is 22.9. The molecule has 2 amide bonds. The number of hydrogen-bond donors (Lipinski definition) is 2. The van der Waals surface area contributed by atoms with E-state index in [1.807, 2.05) is 12.1 Å². The monoisotopic (exact) mass is 294 g/mol. The van der Waals surface area contributed by atoms with E-state index in [0.29, 0.717) is 11.4 Å². The van der Waals surface area contributed by atoms with Gasteiger partial charge in [-0.2, -0.15) is 0 Å². The molecule has 1 aromatic carbocycles. The molecule has 0 saturated carbocycles. The van der Waals surface area contributed by atoms with Gasteiger partial charge in [-0.1, -0.05) is 49.6 Å². The molecule has 0 fully saturated rings. The predicted molar refractivity (Wildman–Crippen MR) is 80.9 cm³/mol. The summed E-state index contributed by atoms with van der Waals surface area (Å²) < 4.78 is 0. The normalized spacial score (nSPS) is 10.5. The van der Waals surface area contributed by atoms with Crippen LogP contribution in [0.1, 0.15) is 38.2 Å². The SMILES string of the molecule is CCCCCC(=O)NNC(=O)C=Cc1ccccc1Cl. The van der Waals surface area contributed by atoms with Gasteiger partial charge in [0.1, 0.15) is 0 Å². The Kier molecular flexibility index (Phi) is 7.43. The second-order valence-electron chi connectivity index (χ2n) is 4.35. The lowest BCUT2D eigenvalue weighted by atomic mass is 10.2. The zero-order chi connectivity index (χ0) is 14.8. The number of hydrogen-bond acceptors (Lipinski definition) is 2. The molecule has 1 aromatic rings. The van der Waals surface area contributed by atoms with Crippen LogP contribution in [-0.2, 0) is 9.59 Å². The second kappa shape index (κ2) is 9.15. The van der Waals surface area contributed by atoms with Crippen molar-refractivity contribution < 1.29 is 9.59 Å². The maximum atomic E-state index is 11.5. The molecular weight excluding hydrogens is 276 g/mol. The van der Waals surface area contributed by atoms with E-state index in [2.05, 4.69) is 17.8 Å². The summed E-state index contributed by atoms with van der Waals surface area (Å²) in [6, 6.07) is 7.19. The van der Waals surface area contributed by atoms with Crippen molar-refractivity contribution in [1.29, 1.82) is 0 Å². The van der Waals surface area contributed by atoms with E-state index >= 15 is 0 Å². The maximum Gasteiger partial charge on any atom is 0.262 e. The van der Waals surface area contributed by atoms with Crippen molar-refractivity contribution in [3.8, 4) is 0 Å². The van der Waals surface area contributed by atoms with Gasteiger partial charge in [0.2, 0.25) is 5.91 Å². The molecule has 20 heavy (non-hydrogen) atoms. The number of halogens is 1. The van der Waals surface area contributed by atoms with Gasteiger partial charge in [-0.05, 0) is 24.1 Å². The van der Waals surface area contributed by atoms with Crippen LogP contribution in [-0.4, -0.2) is 11.8 Å². The first-order valence-corrected chi connectivity index (χ1v) is 7.02. The Bertz CT molecular complexity index is 487. The molecule has 1 rings (SSSR count). The van der Waals surface area contributed by atoms with Gasteiger partial charge in [0.05, 0.1) is 0 Å². The summed E-state index contributed by atoms with van der Waals surface area (Å²) in [7, 11) is 0. The summed E-state index contributed by atoms with van der Waals surface area (Å²) in [5.74, 6) is -0.577. The van der Waals surface area contributed by atoms with Gasteiger partial charge >= 0.3 is 0 Å². The van der Waals surface area contributed by atoms with Gasteiger partial charge in [-0.25, -0.2) is 0 Å². The van der Waals surface area contributed by atoms with Gasteiger partial charge in [0.25, 0.3) is 5.91 Å². The third-order valence-corrected chi connectivity index (χ3v) is 3.00. The molecule has 0 aliphatic rings. The van der Waals surface area contributed by atoms with E-state index in [-0.39, 0.29) is 5.91 Å². The molecule has 0 atom stereocenters. The van der Waals surface area contributed by atoms with E-state index in [9.17, 15) is 9.59 Å². The molecule has 0 heterocycles. The number of benzene rings is 1. The molecule has 0 aliphatic heterocycles. The second-order valence-corrected chi connectivity index (χ2v) is 4.76. The predicted octanol–water partition coefficient (Wildman–Crippen LogP) is 3.08. The molecular formula is C15H19ClN2O2. The minimum absolute atomic E-state index is 0.182. The summed E-state index contributed by atoms with van der Waals surface area (Å²) in [5, 5.41) is 0.570. The average Bonchev–Trinajstić information content (AvgIpc) is 2.44. The van der Waals surface area contributed by atoms with Crippen LogP contribution in [0.5, 0.6) is 0 Å². The van der Waals surface area contributed by atoms with Crippen LogP contribution < -0.4 is 10.9 Å². The van der Waals surface area contributed by atoms with E-state index in [1.165, 1.54) is 6.08 Å². The number of rotatable bonds is 6. The summed E-state index contributed by atoms with van der Waals surface area (Å²) in [6.45, 7) is 2.07. The number of amides is 2. The van der Waals surface area contributed by atoms with Crippen molar-refractivity contribution in [1.82, 2.24) is 10.9 Å². The quantitative estimate of drug-likeness (QED) is 0.481. The van der Waals surface area contributed by atoms with Gasteiger partial charge in [0, 0.05) is 17.5 Å². The van der Waals surface area contributed by atoms with Crippen molar-refractivity contribution in [2.45, 2.75) is 32.6 Å². The van der Waals surface area contributed by atoms with Gasteiger partial charge in [0.15, 0.2) is 0 Å². The standard InChI is InChI=1S/C15H19ClN2O2/c1-2-3-4-9-14(19)17-18-15(20)11-10-12-7-5-6-8-13(12)16/h5-8,10-11H,2-4,9H2,1H3,(H,17,19)(H,18,20). The van der Waals surface area contributed by atoms with Crippen molar-refractivity contribution in [2.75, 3.05) is 0 Å². The molecule has 0 radical (unpaired) electrons. The van der Waals surface area contributed by atoms with Crippen molar-refractivity contribution in [3.05, 3.63) is 40.9 Å². The van der Waals surface area contributed by atoms with Crippen LogP contribution in [0.25, 0.3) is 6.08 Å². The van der Waals surface area contributed by atoms with Crippen molar-refractivity contribution >= 4 is 29.5 Å². The highest BCUT2D eigenvalue weighted by Crippen LogP contribution is 2.15. The van der Waals surface area contributed by atoms with Gasteiger partial charge in [-0.3, -0.25) is 20.4 Å². The number of hydrazine groups is 1. The highest BCUT2D eigenvalue weighted by Gasteiger charge is 2.02. The molecule has 0 saturated heterocycles. The highest BCUT2D eigenvalue weighted by atomic mass is 35.5. The molecule has 4 nitrogen and oxygen atoms in total. The summed E-state index contributed by atoms with van der Waals surface area (Å²) in [6.07, 6.45) is 6.23.